The Balaban J connectivity index is 1.35. The van der Waals surface area contributed by atoms with Crippen molar-refractivity contribution in [3.8, 4) is 11.4 Å². The summed E-state index contributed by atoms with van der Waals surface area (Å²) < 4.78 is 3.46. The maximum atomic E-state index is 13.0. The molecule has 1 atom stereocenters. The molecular formula is C24H27N7O. The van der Waals surface area contributed by atoms with Crippen LogP contribution in [0.25, 0.3) is 22.6 Å². The Morgan fingerprint density at radius 1 is 0.969 bits per heavy atom. The van der Waals surface area contributed by atoms with E-state index in [4.69, 9.17) is 4.98 Å². The smallest absolute Gasteiger partial charge is 0.258 e. The van der Waals surface area contributed by atoms with Gasteiger partial charge in [0, 0.05) is 37.9 Å². The molecule has 0 aliphatic carbocycles. The van der Waals surface area contributed by atoms with Gasteiger partial charge in [0.1, 0.15) is 11.3 Å². The van der Waals surface area contributed by atoms with Crippen LogP contribution in [0.1, 0.15) is 30.7 Å². The van der Waals surface area contributed by atoms with E-state index in [1.165, 1.54) is 25.8 Å². The Hall–Kier alpha value is -3.26. The van der Waals surface area contributed by atoms with E-state index >= 15 is 0 Å². The molecular weight excluding hydrogens is 402 g/mol. The Morgan fingerprint density at radius 3 is 2.78 bits per heavy atom. The average Bonchev–Trinajstić information content (AvgIpc) is 3.23. The molecule has 0 N–H and O–H groups in total. The molecule has 2 aliphatic rings. The molecule has 0 bridgehead atoms. The van der Waals surface area contributed by atoms with Gasteiger partial charge < -0.3 is 4.90 Å². The van der Waals surface area contributed by atoms with Gasteiger partial charge in [0.25, 0.3) is 5.56 Å². The van der Waals surface area contributed by atoms with E-state index in [0.717, 1.165) is 42.2 Å². The number of pyridine rings is 1. The third-order valence-corrected chi connectivity index (χ3v) is 6.87. The van der Waals surface area contributed by atoms with Crippen molar-refractivity contribution in [1.29, 1.82) is 0 Å². The number of piperazine rings is 1. The van der Waals surface area contributed by atoms with Gasteiger partial charge in [-0.2, -0.15) is 5.10 Å². The number of nitrogens with zero attached hydrogens (tertiary/aromatic N) is 7. The van der Waals surface area contributed by atoms with Crippen LogP contribution in [0.15, 0.2) is 41.5 Å². The van der Waals surface area contributed by atoms with Crippen molar-refractivity contribution < 1.29 is 0 Å². The average molecular weight is 430 g/mol. The maximum absolute atomic E-state index is 13.0. The van der Waals surface area contributed by atoms with Gasteiger partial charge in [0.15, 0.2) is 0 Å². The van der Waals surface area contributed by atoms with Crippen LogP contribution in [0.4, 0.5) is 5.69 Å². The SMILES string of the molecule is Cc1cn2nc(-c3cc(=O)n4cc(N5CCN6CCCC[C@@H]6C5)ccc4n3)cc2c(C)n1. The van der Waals surface area contributed by atoms with Crippen LogP contribution < -0.4 is 10.5 Å². The summed E-state index contributed by atoms with van der Waals surface area (Å²) in [5.74, 6) is 0. The lowest BCUT2D eigenvalue weighted by Crippen LogP contribution is -2.55. The van der Waals surface area contributed by atoms with Crippen LogP contribution in [0.2, 0.25) is 0 Å². The number of fused-ring (bicyclic) bond motifs is 3. The van der Waals surface area contributed by atoms with Crippen LogP contribution in [0.5, 0.6) is 0 Å². The minimum atomic E-state index is -0.0914. The molecule has 2 fully saturated rings. The highest BCUT2D eigenvalue weighted by atomic mass is 16.1. The lowest BCUT2D eigenvalue weighted by atomic mass is 9.99. The molecule has 4 aromatic heterocycles. The molecule has 8 heteroatoms. The van der Waals surface area contributed by atoms with Gasteiger partial charge in [0.05, 0.1) is 34.5 Å². The third kappa shape index (κ3) is 3.26. The van der Waals surface area contributed by atoms with Crippen molar-refractivity contribution in [2.45, 2.75) is 39.2 Å². The Bertz CT molecular complexity index is 1390. The summed E-state index contributed by atoms with van der Waals surface area (Å²) >= 11 is 0. The predicted octanol–water partition coefficient (Wildman–Crippen LogP) is 2.70. The summed E-state index contributed by atoms with van der Waals surface area (Å²) in [6, 6.07) is 8.18. The number of hydrogen-bond donors (Lipinski definition) is 0. The minimum Gasteiger partial charge on any atom is -0.367 e. The van der Waals surface area contributed by atoms with E-state index in [1.807, 2.05) is 42.9 Å². The molecule has 8 nitrogen and oxygen atoms in total. The summed E-state index contributed by atoms with van der Waals surface area (Å²) in [7, 11) is 0. The molecule has 0 saturated carbocycles. The van der Waals surface area contributed by atoms with Crippen molar-refractivity contribution in [3.05, 3.63) is 58.4 Å². The Labute approximate surface area is 186 Å². The molecule has 2 saturated heterocycles. The van der Waals surface area contributed by atoms with E-state index in [1.54, 1.807) is 10.5 Å². The first-order valence-electron chi connectivity index (χ1n) is 11.4. The van der Waals surface area contributed by atoms with Crippen LogP contribution in [-0.2, 0) is 0 Å². The number of hydrogen-bond acceptors (Lipinski definition) is 6. The van der Waals surface area contributed by atoms with E-state index in [0.29, 0.717) is 23.1 Å². The highest BCUT2D eigenvalue weighted by molar-refractivity contribution is 5.66. The van der Waals surface area contributed by atoms with Gasteiger partial charge in [-0.05, 0) is 51.4 Å². The van der Waals surface area contributed by atoms with Crippen molar-refractivity contribution in [2.75, 3.05) is 31.1 Å². The van der Waals surface area contributed by atoms with Gasteiger partial charge in [-0.3, -0.25) is 19.1 Å². The van der Waals surface area contributed by atoms with Crippen LogP contribution in [-0.4, -0.2) is 61.1 Å². The molecule has 0 spiro atoms. The number of anilines is 1. The summed E-state index contributed by atoms with van der Waals surface area (Å²) in [5, 5.41) is 4.64. The summed E-state index contributed by atoms with van der Waals surface area (Å²) in [5.41, 5.74) is 5.62. The Kier molecular flexibility index (Phi) is 4.50. The van der Waals surface area contributed by atoms with Crippen molar-refractivity contribution in [1.82, 2.24) is 28.9 Å². The topological polar surface area (TPSA) is 71.0 Å². The second-order valence-corrected chi connectivity index (χ2v) is 9.05. The summed E-state index contributed by atoms with van der Waals surface area (Å²) in [6.45, 7) is 8.25. The minimum absolute atomic E-state index is 0.0914. The normalized spacial score (nSPS) is 19.6. The first-order valence-corrected chi connectivity index (χ1v) is 11.4. The van der Waals surface area contributed by atoms with E-state index in [-0.39, 0.29) is 5.56 Å². The lowest BCUT2D eigenvalue weighted by molar-refractivity contribution is 0.133. The first kappa shape index (κ1) is 19.4. The van der Waals surface area contributed by atoms with Crippen molar-refractivity contribution in [3.63, 3.8) is 0 Å². The molecule has 32 heavy (non-hydrogen) atoms. The molecule has 2 aliphatic heterocycles. The molecule has 6 heterocycles. The number of aromatic nitrogens is 5. The second-order valence-electron chi connectivity index (χ2n) is 9.05. The standard InChI is InChI=1S/C24H27N7O/c1-16-13-31-22(17(2)25-16)11-21(27-31)20-12-24(32)30-15-19(6-7-23(30)26-20)29-10-9-28-8-4-3-5-18(28)14-29/h6-7,11-13,15,18H,3-5,8-10,14H2,1-2H3/t18-/m1/s1. The fourth-order valence-corrected chi connectivity index (χ4v) is 5.22. The van der Waals surface area contributed by atoms with Crippen molar-refractivity contribution >= 4 is 16.9 Å². The second kappa shape index (κ2) is 7.41. The van der Waals surface area contributed by atoms with E-state index in [2.05, 4.69) is 25.9 Å². The van der Waals surface area contributed by atoms with Crippen LogP contribution in [0.3, 0.4) is 0 Å². The van der Waals surface area contributed by atoms with Crippen LogP contribution >= 0.6 is 0 Å². The maximum Gasteiger partial charge on any atom is 0.258 e. The molecule has 164 valence electrons. The molecule has 6 rings (SSSR count). The number of aryl methyl sites for hydroxylation is 2. The molecule has 0 amide bonds. The lowest BCUT2D eigenvalue weighted by Gasteiger charge is -2.44. The predicted molar refractivity (Wildman–Crippen MR) is 124 cm³/mol. The number of rotatable bonds is 2. The van der Waals surface area contributed by atoms with E-state index in [9.17, 15) is 4.79 Å². The van der Waals surface area contributed by atoms with Gasteiger partial charge in [-0.25, -0.2) is 9.50 Å². The quantitative estimate of drug-likeness (QED) is 0.488. The fraction of sp³-hybridized carbons (Fsp3) is 0.417. The molecule has 0 aromatic carbocycles. The monoisotopic (exact) mass is 429 g/mol. The van der Waals surface area contributed by atoms with Crippen molar-refractivity contribution in [2.24, 2.45) is 0 Å². The highest BCUT2D eigenvalue weighted by Gasteiger charge is 2.29. The first-order chi connectivity index (χ1) is 15.5. The van der Waals surface area contributed by atoms with Gasteiger partial charge in [-0.1, -0.05) is 6.42 Å². The molecule has 4 aromatic rings. The molecule has 0 radical (unpaired) electrons. The van der Waals surface area contributed by atoms with Gasteiger partial charge in [-0.15, -0.1) is 0 Å². The summed E-state index contributed by atoms with van der Waals surface area (Å²) in [4.78, 5) is 27.3. The highest BCUT2D eigenvalue weighted by Crippen LogP contribution is 2.25. The van der Waals surface area contributed by atoms with E-state index < -0.39 is 0 Å². The fourth-order valence-electron chi connectivity index (χ4n) is 5.22. The van der Waals surface area contributed by atoms with Gasteiger partial charge >= 0.3 is 0 Å². The summed E-state index contributed by atoms with van der Waals surface area (Å²) in [6.07, 6.45) is 7.73. The van der Waals surface area contributed by atoms with Crippen LogP contribution in [0, 0.1) is 13.8 Å². The van der Waals surface area contributed by atoms with Gasteiger partial charge in [0.2, 0.25) is 0 Å². The Morgan fingerprint density at radius 2 is 1.88 bits per heavy atom. The largest absolute Gasteiger partial charge is 0.367 e. The number of piperidine rings is 1. The zero-order valence-corrected chi connectivity index (χ0v) is 18.5. The zero-order valence-electron chi connectivity index (χ0n) is 18.5. The zero-order chi connectivity index (χ0) is 21.8. The third-order valence-electron chi connectivity index (χ3n) is 6.87. The molecule has 0 unspecified atom stereocenters.